The summed E-state index contributed by atoms with van der Waals surface area (Å²) in [5.41, 5.74) is 1.20. The number of morpholine rings is 1. The molecule has 0 amide bonds. The summed E-state index contributed by atoms with van der Waals surface area (Å²) in [5, 5.41) is 6.63. The highest BCUT2D eigenvalue weighted by Gasteiger charge is 2.16. The summed E-state index contributed by atoms with van der Waals surface area (Å²) < 4.78 is 5.40. The van der Waals surface area contributed by atoms with E-state index in [4.69, 9.17) is 4.74 Å². The van der Waals surface area contributed by atoms with Gasteiger partial charge in [-0.15, -0.1) is 0 Å². The Morgan fingerprint density at radius 3 is 3.05 bits per heavy atom. The minimum absolute atomic E-state index is 0.742. The predicted octanol–water partition coefficient (Wildman–Crippen LogP) is 0.357. The molecule has 2 aliphatic heterocycles. The van der Waals surface area contributed by atoms with E-state index in [1.54, 1.807) is 0 Å². The highest BCUT2D eigenvalue weighted by atomic mass is 16.5. The molecule has 0 unspecified atom stereocenters. The third-order valence-electron chi connectivity index (χ3n) is 3.52. The lowest BCUT2D eigenvalue weighted by Gasteiger charge is -2.29. The van der Waals surface area contributed by atoms with Gasteiger partial charge in [-0.05, 0) is 12.5 Å². The van der Waals surface area contributed by atoms with Crippen LogP contribution in [0.1, 0.15) is 12.0 Å². The number of rotatable bonds is 3. The van der Waals surface area contributed by atoms with E-state index in [-0.39, 0.29) is 0 Å². The maximum atomic E-state index is 5.40. The van der Waals surface area contributed by atoms with Gasteiger partial charge in [0.25, 0.3) is 0 Å². The zero-order chi connectivity index (χ0) is 13.6. The SMILES string of the molecule is c1cnc(N2CCOCC2)c(CNC2=NCCCN2)c1. The number of guanidine groups is 1. The molecule has 3 rings (SSSR count). The molecule has 1 fully saturated rings. The maximum absolute atomic E-state index is 5.40. The van der Waals surface area contributed by atoms with Crippen molar-refractivity contribution < 1.29 is 4.74 Å². The van der Waals surface area contributed by atoms with Gasteiger partial charge in [-0.25, -0.2) is 4.98 Å². The third kappa shape index (κ3) is 3.19. The third-order valence-corrected chi connectivity index (χ3v) is 3.52. The van der Waals surface area contributed by atoms with Crippen LogP contribution < -0.4 is 15.5 Å². The molecule has 0 radical (unpaired) electrons. The van der Waals surface area contributed by atoms with E-state index in [2.05, 4.69) is 31.6 Å². The first-order valence-electron chi connectivity index (χ1n) is 7.22. The van der Waals surface area contributed by atoms with Gasteiger partial charge >= 0.3 is 0 Å². The zero-order valence-electron chi connectivity index (χ0n) is 11.6. The van der Waals surface area contributed by atoms with E-state index in [1.807, 2.05) is 12.3 Å². The zero-order valence-corrected chi connectivity index (χ0v) is 11.6. The van der Waals surface area contributed by atoms with Crippen molar-refractivity contribution in [3.63, 3.8) is 0 Å². The van der Waals surface area contributed by atoms with Crippen molar-refractivity contribution in [2.45, 2.75) is 13.0 Å². The highest BCUT2D eigenvalue weighted by molar-refractivity contribution is 5.80. The van der Waals surface area contributed by atoms with Gasteiger partial charge in [0.05, 0.1) is 13.2 Å². The van der Waals surface area contributed by atoms with Crippen LogP contribution in [0.5, 0.6) is 0 Å². The second-order valence-corrected chi connectivity index (χ2v) is 4.95. The summed E-state index contributed by atoms with van der Waals surface area (Å²) in [4.78, 5) is 11.3. The lowest BCUT2D eigenvalue weighted by atomic mass is 10.2. The lowest BCUT2D eigenvalue weighted by Crippen LogP contribution is -2.41. The molecule has 1 saturated heterocycles. The summed E-state index contributed by atoms with van der Waals surface area (Å²) in [5.74, 6) is 1.95. The van der Waals surface area contributed by atoms with Gasteiger partial charge in [-0.3, -0.25) is 4.99 Å². The van der Waals surface area contributed by atoms with Crippen molar-refractivity contribution in [1.29, 1.82) is 0 Å². The molecule has 20 heavy (non-hydrogen) atoms. The molecule has 6 nitrogen and oxygen atoms in total. The first kappa shape index (κ1) is 13.2. The van der Waals surface area contributed by atoms with E-state index in [0.717, 1.165) is 64.1 Å². The van der Waals surface area contributed by atoms with Crippen LogP contribution in [0.4, 0.5) is 5.82 Å². The van der Waals surface area contributed by atoms with Crippen LogP contribution in [0.2, 0.25) is 0 Å². The van der Waals surface area contributed by atoms with Crippen LogP contribution >= 0.6 is 0 Å². The quantitative estimate of drug-likeness (QED) is 0.834. The van der Waals surface area contributed by atoms with Gasteiger partial charge in [0.1, 0.15) is 5.82 Å². The number of aromatic nitrogens is 1. The van der Waals surface area contributed by atoms with Gasteiger partial charge in [0.2, 0.25) is 0 Å². The van der Waals surface area contributed by atoms with Crippen molar-refractivity contribution in [3.05, 3.63) is 23.9 Å². The number of aliphatic imine (C=N–C) groups is 1. The topological polar surface area (TPSA) is 61.8 Å². The maximum Gasteiger partial charge on any atom is 0.191 e. The van der Waals surface area contributed by atoms with Crippen molar-refractivity contribution in [3.8, 4) is 0 Å². The molecule has 2 N–H and O–H groups in total. The number of nitrogens with one attached hydrogen (secondary N) is 2. The Hall–Kier alpha value is -1.82. The predicted molar refractivity (Wildman–Crippen MR) is 79.0 cm³/mol. The molecule has 3 heterocycles. The molecule has 1 aromatic heterocycles. The van der Waals surface area contributed by atoms with Gasteiger partial charge < -0.3 is 20.3 Å². The molecule has 0 spiro atoms. The normalized spacial score (nSPS) is 19.2. The fourth-order valence-corrected chi connectivity index (χ4v) is 2.46. The van der Waals surface area contributed by atoms with Gasteiger partial charge in [-0.2, -0.15) is 0 Å². The van der Waals surface area contributed by atoms with Crippen LogP contribution in [0, 0.1) is 0 Å². The average molecular weight is 275 g/mol. The lowest BCUT2D eigenvalue weighted by molar-refractivity contribution is 0.122. The minimum atomic E-state index is 0.742. The molecule has 2 aliphatic rings. The molecule has 0 atom stereocenters. The Labute approximate surface area is 119 Å². The first-order valence-corrected chi connectivity index (χ1v) is 7.22. The largest absolute Gasteiger partial charge is 0.378 e. The van der Waals surface area contributed by atoms with Gasteiger partial charge in [0, 0.05) is 44.5 Å². The second-order valence-electron chi connectivity index (χ2n) is 4.95. The van der Waals surface area contributed by atoms with Crippen LogP contribution in [-0.2, 0) is 11.3 Å². The molecule has 6 heteroatoms. The van der Waals surface area contributed by atoms with E-state index in [1.165, 1.54) is 5.56 Å². The molecule has 0 aromatic carbocycles. The smallest absolute Gasteiger partial charge is 0.191 e. The highest BCUT2D eigenvalue weighted by Crippen LogP contribution is 2.18. The second kappa shape index (κ2) is 6.56. The number of hydrogen-bond acceptors (Lipinski definition) is 6. The van der Waals surface area contributed by atoms with Gasteiger partial charge in [0.15, 0.2) is 5.96 Å². The van der Waals surface area contributed by atoms with Crippen molar-refractivity contribution >= 4 is 11.8 Å². The molecular formula is C14H21N5O. The Balaban J connectivity index is 1.67. The summed E-state index contributed by atoms with van der Waals surface area (Å²) in [7, 11) is 0. The van der Waals surface area contributed by atoms with Crippen LogP contribution in [0.3, 0.4) is 0 Å². The first-order chi connectivity index (χ1) is 9.93. The van der Waals surface area contributed by atoms with E-state index in [0.29, 0.717) is 0 Å². The molecule has 0 saturated carbocycles. The Bertz CT molecular complexity index is 470. The van der Waals surface area contributed by atoms with E-state index >= 15 is 0 Å². The fourth-order valence-electron chi connectivity index (χ4n) is 2.46. The number of ether oxygens (including phenoxy) is 1. The van der Waals surface area contributed by atoms with E-state index < -0.39 is 0 Å². The number of nitrogens with zero attached hydrogens (tertiary/aromatic N) is 3. The van der Waals surface area contributed by atoms with Crippen LogP contribution in [0.25, 0.3) is 0 Å². The molecule has 1 aromatic rings. The van der Waals surface area contributed by atoms with Crippen molar-refractivity contribution in [1.82, 2.24) is 15.6 Å². The summed E-state index contributed by atoms with van der Waals surface area (Å²) in [6.07, 6.45) is 2.96. The average Bonchev–Trinajstić information content (AvgIpc) is 2.55. The Kier molecular flexibility index (Phi) is 4.32. The van der Waals surface area contributed by atoms with Crippen molar-refractivity contribution in [2.75, 3.05) is 44.3 Å². The van der Waals surface area contributed by atoms with Crippen LogP contribution in [0.15, 0.2) is 23.3 Å². The molecular weight excluding hydrogens is 254 g/mol. The number of anilines is 1. The summed E-state index contributed by atoms with van der Waals surface area (Å²) in [6, 6.07) is 4.10. The Morgan fingerprint density at radius 1 is 1.35 bits per heavy atom. The summed E-state index contributed by atoms with van der Waals surface area (Å²) >= 11 is 0. The van der Waals surface area contributed by atoms with Crippen LogP contribution in [-0.4, -0.2) is 50.3 Å². The minimum Gasteiger partial charge on any atom is -0.378 e. The monoisotopic (exact) mass is 275 g/mol. The summed E-state index contributed by atoms with van der Waals surface area (Å²) in [6.45, 7) is 6.00. The fraction of sp³-hybridized carbons (Fsp3) is 0.571. The van der Waals surface area contributed by atoms with Gasteiger partial charge in [-0.1, -0.05) is 6.07 Å². The molecule has 108 valence electrons. The molecule has 0 bridgehead atoms. The Morgan fingerprint density at radius 2 is 2.25 bits per heavy atom. The number of pyridine rings is 1. The standard InChI is InChI=1S/C14H21N5O/c1-3-12(11-18-14-16-5-2-6-17-14)13(15-4-1)19-7-9-20-10-8-19/h1,3-4H,2,5-11H2,(H2,16,17,18). The van der Waals surface area contributed by atoms with Crippen molar-refractivity contribution in [2.24, 2.45) is 4.99 Å². The molecule has 0 aliphatic carbocycles. The van der Waals surface area contributed by atoms with E-state index in [9.17, 15) is 0 Å². The number of hydrogen-bond donors (Lipinski definition) is 2.